The van der Waals surface area contributed by atoms with Crippen LogP contribution in [0.2, 0.25) is 0 Å². The van der Waals surface area contributed by atoms with Crippen LogP contribution in [0.15, 0.2) is 29.6 Å². The number of rotatable bonds is 6. The summed E-state index contributed by atoms with van der Waals surface area (Å²) in [5.74, 6) is 0. The van der Waals surface area contributed by atoms with Gasteiger partial charge in [-0.15, -0.1) is 11.3 Å². The topological polar surface area (TPSA) is 58.2 Å². The normalized spacial score (nSPS) is 13.6. The van der Waals surface area contributed by atoms with Gasteiger partial charge in [0.15, 0.2) is 0 Å². The molecule has 0 saturated heterocycles. The molecule has 1 atom stereocenters. The molecule has 2 aromatic rings. The summed E-state index contributed by atoms with van der Waals surface area (Å²) in [7, 11) is -3.35. The molecule has 0 aliphatic carbocycles. The predicted molar refractivity (Wildman–Crippen MR) is 82.4 cm³/mol. The molecule has 0 bridgehead atoms. The summed E-state index contributed by atoms with van der Waals surface area (Å²) in [4.78, 5) is 0. The summed E-state index contributed by atoms with van der Waals surface area (Å²) in [6, 6.07) is 7.59. The second-order valence-corrected chi connectivity index (χ2v) is 7.49. The molecule has 0 amide bonds. The molecule has 0 aliphatic heterocycles. The van der Waals surface area contributed by atoms with E-state index in [9.17, 15) is 8.42 Å². The molecule has 104 valence electrons. The third-order valence-corrected chi connectivity index (χ3v) is 5.57. The maximum Gasteiger partial charge on any atom is 0.236 e. The Morgan fingerprint density at radius 2 is 2.11 bits per heavy atom. The van der Waals surface area contributed by atoms with Gasteiger partial charge >= 0.3 is 0 Å². The molecular formula is C13H18N2O2S2. The molecule has 0 fully saturated rings. The molecule has 2 N–H and O–H groups in total. The largest absolute Gasteiger partial charge is 0.316 e. The van der Waals surface area contributed by atoms with E-state index in [1.165, 1.54) is 0 Å². The number of hydrogen-bond donors (Lipinski definition) is 2. The van der Waals surface area contributed by atoms with E-state index in [0.29, 0.717) is 12.2 Å². The van der Waals surface area contributed by atoms with Crippen molar-refractivity contribution >= 4 is 37.1 Å². The van der Waals surface area contributed by atoms with E-state index in [0.717, 1.165) is 16.6 Å². The molecule has 1 aromatic heterocycles. The minimum Gasteiger partial charge on any atom is -0.316 e. The average molecular weight is 298 g/mol. The van der Waals surface area contributed by atoms with Crippen molar-refractivity contribution in [1.82, 2.24) is 5.32 Å². The van der Waals surface area contributed by atoms with Gasteiger partial charge in [0.1, 0.15) is 0 Å². The van der Waals surface area contributed by atoms with E-state index >= 15 is 0 Å². The molecule has 0 radical (unpaired) electrons. The van der Waals surface area contributed by atoms with Crippen molar-refractivity contribution in [2.45, 2.75) is 19.1 Å². The number of hydrogen-bond acceptors (Lipinski definition) is 4. The minimum atomic E-state index is -3.35. The fourth-order valence-corrected chi connectivity index (χ4v) is 3.52. The first kappa shape index (κ1) is 14.3. The maximum absolute atomic E-state index is 12.1. The molecule has 0 aliphatic rings. The molecule has 19 heavy (non-hydrogen) atoms. The van der Waals surface area contributed by atoms with Crippen molar-refractivity contribution in [2.24, 2.45) is 0 Å². The van der Waals surface area contributed by atoms with Gasteiger partial charge in [0.05, 0.1) is 5.25 Å². The van der Waals surface area contributed by atoms with Gasteiger partial charge in [-0.3, -0.25) is 4.72 Å². The van der Waals surface area contributed by atoms with Crippen LogP contribution in [-0.4, -0.2) is 26.8 Å². The van der Waals surface area contributed by atoms with Gasteiger partial charge in [0.25, 0.3) is 0 Å². The van der Waals surface area contributed by atoms with Gasteiger partial charge in [-0.1, -0.05) is 6.92 Å². The highest BCUT2D eigenvalue weighted by atomic mass is 32.2. The number of nitrogens with one attached hydrogen (secondary N) is 2. The Balaban J connectivity index is 2.14. The van der Waals surface area contributed by atoms with Crippen molar-refractivity contribution in [3.8, 4) is 0 Å². The summed E-state index contributed by atoms with van der Waals surface area (Å²) < 4.78 is 28.1. The number of anilines is 1. The van der Waals surface area contributed by atoms with E-state index in [1.807, 2.05) is 30.5 Å². The molecule has 0 saturated carbocycles. The first-order valence-electron chi connectivity index (χ1n) is 6.22. The summed E-state index contributed by atoms with van der Waals surface area (Å²) in [5, 5.41) is 5.64. The van der Waals surface area contributed by atoms with Crippen LogP contribution < -0.4 is 10.0 Å². The van der Waals surface area contributed by atoms with Crippen LogP contribution in [-0.2, 0) is 10.0 Å². The molecule has 4 nitrogen and oxygen atoms in total. The Labute approximate surface area is 117 Å². The zero-order valence-corrected chi connectivity index (χ0v) is 12.6. The monoisotopic (exact) mass is 298 g/mol. The van der Waals surface area contributed by atoms with Gasteiger partial charge in [-0.05, 0) is 48.5 Å². The van der Waals surface area contributed by atoms with Crippen molar-refractivity contribution in [1.29, 1.82) is 0 Å². The fraction of sp³-hybridized carbons (Fsp3) is 0.385. The highest BCUT2D eigenvalue weighted by molar-refractivity contribution is 7.93. The average Bonchev–Trinajstić information content (AvgIpc) is 2.82. The second kappa shape index (κ2) is 5.90. The van der Waals surface area contributed by atoms with Crippen LogP contribution in [0.1, 0.15) is 13.8 Å². The fourth-order valence-electron chi connectivity index (χ4n) is 1.75. The maximum atomic E-state index is 12.1. The van der Waals surface area contributed by atoms with Gasteiger partial charge in [0, 0.05) is 16.9 Å². The Morgan fingerprint density at radius 3 is 2.84 bits per heavy atom. The Bertz CT molecular complexity index is 649. The Hall–Kier alpha value is -1.11. The third kappa shape index (κ3) is 3.46. The highest BCUT2D eigenvalue weighted by Gasteiger charge is 2.20. The van der Waals surface area contributed by atoms with E-state index in [4.69, 9.17) is 0 Å². The first-order chi connectivity index (χ1) is 9.03. The lowest BCUT2D eigenvalue weighted by molar-refractivity contribution is 0.579. The van der Waals surface area contributed by atoms with Crippen LogP contribution in [0.4, 0.5) is 5.69 Å². The lowest BCUT2D eigenvalue weighted by Gasteiger charge is -2.15. The number of benzene rings is 1. The van der Waals surface area contributed by atoms with Crippen molar-refractivity contribution in [2.75, 3.05) is 17.8 Å². The SMILES string of the molecule is CCNCC(C)S(=O)(=O)Nc1ccc2sccc2c1. The third-order valence-electron chi connectivity index (χ3n) is 2.92. The van der Waals surface area contributed by atoms with Crippen molar-refractivity contribution < 1.29 is 8.42 Å². The molecule has 1 heterocycles. The molecule has 2 rings (SSSR count). The molecular weight excluding hydrogens is 280 g/mol. The van der Waals surface area contributed by atoms with Crippen LogP contribution in [0, 0.1) is 0 Å². The standard InChI is InChI=1S/C13H18N2O2S2/c1-3-14-9-10(2)19(16,17)15-12-4-5-13-11(8-12)6-7-18-13/h4-8,10,14-15H,3,9H2,1-2H3. The summed E-state index contributed by atoms with van der Waals surface area (Å²) in [6.07, 6.45) is 0. The predicted octanol–water partition coefficient (Wildman–Crippen LogP) is 2.64. The molecule has 6 heteroatoms. The lowest BCUT2D eigenvalue weighted by atomic mass is 10.2. The number of thiophene rings is 1. The Morgan fingerprint density at radius 1 is 1.32 bits per heavy atom. The van der Waals surface area contributed by atoms with E-state index in [1.54, 1.807) is 24.3 Å². The summed E-state index contributed by atoms with van der Waals surface area (Å²) in [5.41, 5.74) is 0.620. The van der Waals surface area contributed by atoms with Gasteiger partial charge < -0.3 is 5.32 Å². The Kier molecular flexibility index (Phi) is 4.44. The molecule has 1 aromatic carbocycles. The zero-order chi connectivity index (χ0) is 13.9. The second-order valence-electron chi connectivity index (χ2n) is 4.44. The van der Waals surface area contributed by atoms with Crippen molar-refractivity contribution in [3.05, 3.63) is 29.6 Å². The van der Waals surface area contributed by atoms with E-state index in [2.05, 4.69) is 10.0 Å². The van der Waals surface area contributed by atoms with Crippen LogP contribution in [0.3, 0.4) is 0 Å². The number of fused-ring (bicyclic) bond motifs is 1. The van der Waals surface area contributed by atoms with Crippen LogP contribution in [0.5, 0.6) is 0 Å². The highest BCUT2D eigenvalue weighted by Crippen LogP contribution is 2.24. The minimum absolute atomic E-state index is 0.451. The zero-order valence-electron chi connectivity index (χ0n) is 11.0. The quantitative estimate of drug-likeness (QED) is 0.862. The van der Waals surface area contributed by atoms with Crippen molar-refractivity contribution in [3.63, 3.8) is 0 Å². The smallest absolute Gasteiger partial charge is 0.236 e. The van der Waals surface area contributed by atoms with Gasteiger partial charge in [0.2, 0.25) is 10.0 Å². The van der Waals surface area contributed by atoms with E-state index in [-0.39, 0.29) is 0 Å². The summed E-state index contributed by atoms with van der Waals surface area (Å²) in [6.45, 7) is 4.87. The first-order valence-corrected chi connectivity index (χ1v) is 8.65. The van der Waals surface area contributed by atoms with Gasteiger partial charge in [-0.2, -0.15) is 0 Å². The van der Waals surface area contributed by atoms with Crippen LogP contribution in [0.25, 0.3) is 10.1 Å². The molecule has 1 unspecified atom stereocenters. The van der Waals surface area contributed by atoms with E-state index < -0.39 is 15.3 Å². The van der Waals surface area contributed by atoms with Crippen LogP contribution >= 0.6 is 11.3 Å². The lowest BCUT2D eigenvalue weighted by Crippen LogP contribution is -2.34. The molecule has 0 spiro atoms. The number of sulfonamides is 1. The van der Waals surface area contributed by atoms with Gasteiger partial charge in [-0.25, -0.2) is 8.42 Å². The summed E-state index contributed by atoms with van der Waals surface area (Å²) >= 11 is 1.64.